The fourth-order valence-corrected chi connectivity index (χ4v) is 7.21. The number of esters is 1. The van der Waals surface area contributed by atoms with Gasteiger partial charge in [0.05, 0.1) is 4.92 Å². The van der Waals surface area contributed by atoms with Crippen molar-refractivity contribution in [3.8, 4) is 17.2 Å². The molecule has 5 aliphatic rings. The van der Waals surface area contributed by atoms with Crippen LogP contribution in [0.1, 0.15) is 30.4 Å². The number of carbonyl (C=O) groups is 2. The average Bonchev–Trinajstić information content (AvgIpc) is 3.24. The third-order valence-corrected chi connectivity index (χ3v) is 8.45. The molecule has 10 heteroatoms. The predicted molar refractivity (Wildman–Crippen MR) is 123 cm³/mol. The van der Waals surface area contributed by atoms with Crippen LogP contribution < -0.4 is 14.2 Å². The summed E-state index contributed by atoms with van der Waals surface area (Å²) in [5, 5.41) is 10.9. The highest BCUT2D eigenvalue weighted by Crippen LogP contribution is 2.72. The summed E-state index contributed by atoms with van der Waals surface area (Å²) < 4.78 is 23.0. The summed E-state index contributed by atoms with van der Waals surface area (Å²) in [7, 11) is 2.14. The van der Waals surface area contributed by atoms with E-state index in [1.54, 1.807) is 6.07 Å². The van der Waals surface area contributed by atoms with Gasteiger partial charge in [0.2, 0.25) is 0 Å². The van der Waals surface area contributed by atoms with Crippen molar-refractivity contribution in [3.05, 3.63) is 69.8 Å². The lowest BCUT2D eigenvalue weighted by molar-refractivity contribution is -0.384. The Morgan fingerprint density at radius 2 is 1.89 bits per heavy atom. The Hall–Kier alpha value is -3.92. The maximum atomic E-state index is 12.7. The monoisotopic (exact) mass is 490 g/mol. The van der Waals surface area contributed by atoms with E-state index in [4.69, 9.17) is 18.9 Å². The second-order valence-corrected chi connectivity index (χ2v) is 10.1. The summed E-state index contributed by atoms with van der Waals surface area (Å²) in [6.45, 7) is 1.35. The van der Waals surface area contributed by atoms with Crippen LogP contribution in [0.3, 0.4) is 0 Å². The zero-order chi connectivity index (χ0) is 24.9. The highest BCUT2D eigenvalue weighted by Gasteiger charge is 2.75. The maximum Gasteiger partial charge on any atom is 0.514 e. The molecule has 1 saturated heterocycles. The Kier molecular flexibility index (Phi) is 4.20. The Labute approximate surface area is 205 Å². The average molecular weight is 490 g/mol. The number of rotatable bonds is 4. The largest absolute Gasteiger partial charge is 0.514 e. The third kappa shape index (κ3) is 2.70. The van der Waals surface area contributed by atoms with Crippen molar-refractivity contribution in [1.82, 2.24) is 4.90 Å². The molecule has 10 nitrogen and oxygen atoms in total. The van der Waals surface area contributed by atoms with E-state index < -0.39 is 34.7 Å². The predicted octanol–water partition coefficient (Wildman–Crippen LogP) is 3.47. The van der Waals surface area contributed by atoms with Crippen LogP contribution in [0.2, 0.25) is 0 Å². The molecule has 0 N–H and O–H groups in total. The molecule has 3 aliphatic carbocycles. The van der Waals surface area contributed by atoms with Crippen LogP contribution in [0.4, 0.5) is 10.5 Å². The molecule has 2 heterocycles. The molecule has 2 bridgehead atoms. The molecule has 2 aromatic rings. The zero-order valence-electron chi connectivity index (χ0n) is 19.5. The Balaban J connectivity index is 1.22. The molecule has 0 amide bonds. The summed E-state index contributed by atoms with van der Waals surface area (Å²) in [6, 6.07) is 9.86. The molecular weight excluding hydrogens is 468 g/mol. The summed E-state index contributed by atoms with van der Waals surface area (Å²) in [5.74, 6) is 1.16. The van der Waals surface area contributed by atoms with Gasteiger partial charge < -0.3 is 18.9 Å². The summed E-state index contributed by atoms with van der Waals surface area (Å²) in [5.41, 5.74) is 1.78. The number of nitrogens with zero attached hydrogens (tertiary/aromatic N) is 2. The van der Waals surface area contributed by atoms with Gasteiger partial charge in [0.1, 0.15) is 11.9 Å². The number of nitro benzene ring substituents is 1. The second kappa shape index (κ2) is 7.07. The number of fused-ring (bicyclic) bond motifs is 3. The Morgan fingerprint density at radius 3 is 2.61 bits per heavy atom. The molecule has 2 aromatic carbocycles. The molecular formula is C26H22N2O8. The normalized spacial score (nSPS) is 35.2. The van der Waals surface area contributed by atoms with Gasteiger partial charge in [0, 0.05) is 54.0 Å². The van der Waals surface area contributed by atoms with E-state index in [1.807, 2.05) is 12.1 Å². The maximum absolute atomic E-state index is 12.7. The molecule has 0 saturated carbocycles. The Bertz CT molecular complexity index is 1370. The lowest BCUT2D eigenvalue weighted by atomic mass is 9.60. The molecule has 0 aromatic heterocycles. The van der Waals surface area contributed by atoms with Gasteiger partial charge in [0.25, 0.3) is 5.69 Å². The first-order chi connectivity index (χ1) is 17.3. The number of likely N-dealkylation sites (N-methyl/N-ethyl adjacent to an activating group) is 1. The standard InChI is InChI=1S/C26H22N2O8/c1-12(29)33-18-9-7-15-16-11-26-17(22-21(16)27(22)2)8-10-19(24(26)36-23(18)20(15)26)35-25(30)34-14-5-3-13(4-6-14)28(31)32/h3-10,16-17,19,21-22,24H,11H2,1-2H3/t16-,17-,19-,21+,22-,24-,26-,27?/m0/s1. The number of hydrogen-bond acceptors (Lipinski definition) is 9. The van der Waals surface area contributed by atoms with Gasteiger partial charge in [-0.05, 0) is 43.3 Å². The minimum absolute atomic E-state index is 0.107. The second-order valence-electron chi connectivity index (χ2n) is 10.1. The molecule has 36 heavy (non-hydrogen) atoms. The van der Waals surface area contributed by atoms with Crippen molar-refractivity contribution in [2.75, 3.05) is 7.05 Å². The smallest absolute Gasteiger partial charge is 0.481 e. The van der Waals surface area contributed by atoms with Gasteiger partial charge in [-0.15, -0.1) is 0 Å². The van der Waals surface area contributed by atoms with Gasteiger partial charge in [-0.1, -0.05) is 12.1 Å². The first-order valence-electron chi connectivity index (χ1n) is 11.8. The fourth-order valence-electron chi connectivity index (χ4n) is 7.21. The number of likely N-dealkylation sites (tertiary alicyclic amines) is 1. The number of benzene rings is 2. The van der Waals surface area contributed by atoms with Gasteiger partial charge in [0.15, 0.2) is 17.6 Å². The van der Waals surface area contributed by atoms with E-state index in [1.165, 1.54) is 36.8 Å². The van der Waals surface area contributed by atoms with E-state index in [0.29, 0.717) is 29.5 Å². The number of ether oxygens (including phenoxy) is 4. The van der Waals surface area contributed by atoms with Crippen LogP contribution in [0.25, 0.3) is 0 Å². The molecule has 0 radical (unpaired) electrons. The highest BCUT2D eigenvalue weighted by molar-refractivity contribution is 5.74. The van der Waals surface area contributed by atoms with Crippen LogP contribution >= 0.6 is 0 Å². The van der Waals surface area contributed by atoms with Crippen molar-refractivity contribution < 1.29 is 33.5 Å². The number of non-ortho nitro benzene ring substituents is 1. The number of carbonyl (C=O) groups excluding carboxylic acids is 2. The molecule has 8 atom stereocenters. The van der Waals surface area contributed by atoms with E-state index >= 15 is 0 Å². The molecule has 2 aliphatic heterocycles. The first kappa shape index (κ1) is 21.4. The fraction of sp³-hybridized carbons (Fsp3) is 0.385. The van der Waals surface area contributed by atoms with Gasteiger partial charge in [-0.2, -0.15) is 0 Å². The third-order valence-electron chi connectivity index (χ3n) is 8.45. The number of hydrogen-bond donors (Lipinski definition) is 0. The van der Waals surface area contributed by atoms with Crippen molar-refractivity contribution in [3.63, 3.8) is 0 Å². The quantitative estimate of drug-likeness (QED) is 0.121. The summed E-state index contributed by atoms with van der Waals surface area (Å²) >= 11 is 0. The molecule has 1 fully saturated rings. The minimum Gasteiger partial charge on any atom is -0.481 e. The van der Waals surface area contributed by atoms with E-state index in [2.05, 4.69) is 18.0 Å². The van der Waals surface area contributed by atoms with Crippen LogP contribution in [-0.2, 0) is 14.9 Å². The minimum atomic E-state index is -0.930. The van der Waals surface area contributed by atoms with Crippen LogP contribution in [0.15, 0.2) is 48.6 Å². The van der Waals surface area contributed by atoms with E-state index in [9.17, 15) is 19.7 Å². The topological polar surface area (TPSA) is 117 Å². The van der Waals surface area contributed by atoms with Crippen molar-refractivity contribution in [2.45, 2.75) is 49.0 Å². The van der Waals surface area contributed by atoms with Crippen molar-refractivity contribution in [1.29, 1.82) is 0 Å². The van der Waals surface area contributed by atoms with E-state index in [0.717, 1.165) is 12.0 Å². The molecule has 1 unspecified atom stereocenters. The van der Waals surface area contributed by atoms with Crippen LogP contribution in [-0.4, -0.2) is 53.3 Å². The van der Waals surface area contributed by atoms with Crippen LogP contribution in [0, 0.1) is 16.0 Å². The lowest BCUT2D eigenvalue weighted by Gasteiger charge is -2.45. The van der Waals surface area contributed by atoms with Gasteiger partial charge in [-0.3, -0.25) is 19.8 Å². The first-order valence-corrected chi connectivity index (χ1v) is 11.8. The Morgan fingerprint density at radius 1 is 1.11 bits per heavy atom. The summed E-state index contributed by atoms with van der Waals surface area (Å²) in [4.78, 5) is 37.2. The SMILES string of the molecule is CC(=O)Oc1ccc2c3c1O[C@H]1[C@@H](OC(=O)Oc4ccc([N+](=O)[O-])cc4)C=C[C@H]4[C@H]5[C@@H]([C@H]2C[C@@]341)N5C. The van der Waals surface area contributed by atoms with Crippen molar-refractivity contribution >= 4 is 17.8 Å². The number of nitro groups is 1. The van der Waals surface area contributed by atoms with Crippen LogP contribution in [0.5, 0.6) is 17.2 Å². The lowest BCUT2D eigenvalue weighted by Crippen LogP contribution is -2.55. The highest BCUT2D eigenvalue weighted by atomic mass is 16.7. The van der Waals surface area contributed by atoms with Gasteiger partial charge in [-0.25, -0.2) is 4.79 Å². The molecule has 184 valence electrons. The molecule has 7 rings (SSSR count). The summed E-state index contributed by atoms with van der Waals surface area (Å²) in [6.07, 6.45) is 2.70. The van der Waals surface area contributed by atoms with E-state index in [-0.39, 0.29) is 17.4 Å². The van der Waals surface area contributed by atoms with Gasteiger partial charge >= 0.3 is 12.1 Å². The zero-order valence-corrected chi connectivity index (χ0v) is 19.5. The molecule has 1 spiro atoms. The van der Waals surface area contributed by atoms with Crippen molar-refractivity contribution in [2.24, 2.45) is 5.92 Å².